The summed E-state index contributed by atoms with van der Waals surface area (Å²) in [6.07, 6.45) is -0.822. The van der Waals surface area contributed by atoms with Crippen molar-refractivity contribution in [2.75, 3.05) is 6.61 Å². The van der Waals surface area contributed by atoms with E-state index in [9.17, 15) is 9.59 Å². The topological polar surface area (TPSA) is 65.5 Å². The van der Waals surface area contributed by atoms with Crippen molar-refractivity contribution in [2.45, 2.75) is 27.7 Å². The zero-order valence-corrected chi connectivity index (χ0v) is 14.2. The van der Waals surface area contributed by atoms with Gasteiger partial charge in [-0.2, -0.15) is 0 Å². The van der Waals surface area contributed by atoms with E-state index in [0.29, 0.717) is 15.9 Å². The maximum Gasteiger partial charge on any atom is 0.513 e. The second-order valence-corrected chi connectivity index (χ2v) is 6.09. The largest absolute Gasteiger partial charge is 0.513 e. The molecule has 5 nitrogen and oxygen atoms in total. The molecule has 0 spiro atoms. The zero-order valence-electron chi connectivity index (χ0n) is 13.5. The zero-order chi connectivity index (χ0) is 17.1. The summed E-state index contributed by atoms with van der Waals surface area (Å²) in [5.41, 5.74) is 1.42. The van der Waals surface area contributed by atoms with Crippen LogP contribution in [0.25, 0.3) is 10.9 Å². The van der Waals surface area contributed by atoms with Gasteiger partial charge < -0.3 is 9.47 Å². The van der Waals surface area contributed by atoms with E-state index in [1.807, 2.05) is 20.8 Å². The fourth-order valence-electron chi connectivity index (χ4n) is 1.95. The molecule has 0 amide bonds. The number of halogens is 1. The molecule has 6 heteroatoms. The molecule has 0 saturated carbocycles. The summed E-state index contributed by atoms with van der Waals surface area (Å²) in [7, 11) is 0. The Balaban J connectivity index is 2.47. The number of benzene rings is 1. The molecule has 1 aromatic carbocycles. The van der Waals surface area contributed by atoms with E-state index in [1.165, 1.54) is 13.0 Å². The first-order chi connectivity index (χ1) is 10.8. The van der Waals surface area contributed by atoms with Gasteiger partial charge in [-0.1, -0.05) is 31.5 Å². The van der Waals surface area contributed by atoms with Gasteiger partial charge in [-0.05, 0) is 24.5 Å². The van der Waals surface area contributed by atoms with Crippen LogP contribution in [0.3, 0.4) is 0 Å². The first kappa shape index (κ1) is 17.2. The van der Waals surface area contributed by atoms with Gasteiger partial charge in [0.15, 0.2) is 5.78 Å². The van der Waals surface area contributed by atoms with Gasteiger partial charge in [-0.25, -0.2) is 9.78 Å². The molecule has 0 saturated heterocycles. The number of hydrogen-bond donors (Lipinski definition) is 0. The highest BCUT2D eigenvalue weighted by Gasteiger charge is 2.17. The number of ether oxygens (including phenoxy) is 2. The molecule has 0 aliphatic heterocycles. The number of fused-ring (bicyclic) bond motifs is 1. The Morgan fingerprint density at radius 2 is 2.00 bits per heavy atom. The molecule has 1 aromatic heterocycles. The second-order valence-electron chi connectivity index (χ2n) is 5.71. The highest BCUT2D eigenvalue weighted by molar-refractivity contribution is 6.36. The van der Waals surface area contributed by atoms with Crippen molar-refractivity contribution in [3.05, 3.63) is 34.5 Å². The van der Waals surface area contributed by atoms with Crippen molar-refractivity contribution in [3.63, 3.8) is 0 Å². The van der Waals surface area contributed by atoms with Crippen LogP contribution in [0.1, 0.15) is 36.8 Å². The number of aryl methyl sites for hydroxylation is 1. The quantitative estimate of drug-likeness (QED) is 0.604. The van der Waals surface area contributed by atoms with E-state index in [4.69, 9.17) is 21.1 Å². The molecule has 2 rings (SSSR count). The monoisotopic (exact) mass is 335 g/mol. The van der Waals surface area contributed by atoms with Gasteiger partial charge in [-0.15, -0.1) is 0 Å². The Morgan fingerprint density at radius 1 is 1.30 bits per heavy atom. The number of ketones is 1. The minimum absolute atomic E-state index is 0.177. The minimum atomic E-state index is -0.822. The first-order valence-corrected chi connectivity index (χ1v) is 7.62. The second kappa shape index (κ2) is 6.96. The molecule has 23 heavy (non-hydrogen) atoms. The molecular formula is C17H18ClNO4. The van der Waals surface area contributed by atoms with Gasteiger partial charge >= 0.3 is 6.16 Å². The minimum Gasteiger partial charge on any atom is -0.434 e. The Kier molecular flexibility index (Phi) is 5.21. The maximum atomic E-state index is 11.8. The van der Waals surface area contributed by atoms with E-state index in [1.54, 1.807) is 12.1 Å². The third-order valence-corrected chi connectivity index (χ3v) is 3.64. The standard InChI is InChI=1S/C17H18ClNO4/c1-9(2)8-22-17(21)23-14-7-13(11(4)20)19-16-12(14)6-5-10(3)15(16)18/h5-7,9H,8H2,1-4H3. The molecule has 2 aromatic rings. The van der Waals surface area contributed by atoms with Gasteiger partial charge in [0, 0.05) is 18.4 Å². The van der Waals surface area contributed by atoms with Gasteiger partial charge in [-0.3, -0.25) is 4.79 Å². The van der Waals surface area contributed by atoms with Crippen molar-refractivity contribution in [1.29, 1.82) is 0 Å². The molecule has 0 atom stereocenters. The third kappa shape index (κ3) is 3.99. The molecule has 0 fully saturated rings. The van der Waals surface area contributed by atoms with Crippen LogP contribution in [0.15, 0.2) is 18.2 Å². The van der Waals surface area contributed by atoms with Crippen molar-refractivity contribution in [2.24, 2.45) is 5.92 Å². The van der Waals surface area contributed by atoms with Gasteiger partial charge in [0.2, 0.25) is 0 Å². The van der Waals surface area contributed by atoms with Crippen LogP contribution in [0.2, 0.25) is 5.02 Å². The molecule has 0 radical (unpaired) electrons. The van der Waals surface area contributed by atoms with Crippen molar-refractivity contribution < 1.29 is 19.1 Å². The summed E-state index contributed by atoms with van der Waals surface area (Å²) in [5.74, 6) is 0.155. The number of hydrogen-bond acceptors (Lipinski definition) is 5. The van der Waals surface area contributed by atoms with Crippen LogP contribution in [0.5, 0.6) is 5.75 Å². The van der Waals surface area contributed by atoms with Crippen LogP contribution in [-0.2, 0) is 4.74 Å². The lowest BCUT2D eigenvalue weighted by molar-refractivity contribution is 0.0886. The SMILES string of the molecule is CC(=O)c1cc(OC(=O)OCC(C)C)c2ccc(C)c(Cl)c2n1. The molecule has 0 bridgehead atoms. The van der Waals surface area contributed by atoms with E-state index in [0.717, 1.165) is 5.56 Å². The van der Waals surface area contributed by atoms with Gasteiger partial charge in [0.25, 0.3) is 0 Å². The van der Waals surface area contributed by atoms with Crippen LogP contribution < -0.4 is 4.74 Å². The lowest BCUT2D eigenvalue weighted by Crippen LogP contribution is -2.15. The summed E-state index contributed by atoms with van der Waals surface area (Å²) in [6, 6.07) is 4.97. The Bertz CT molecular complexity index is 771. The number of aromatic nitrogens is 1. The number of rotatable bonds is 4. The lowest BCUT2D eigenvalue weighted by atomic mass is 10.1. The molecule has 0 aliphatic carbocycles. The molecule has 122 valence electrons. The fraction of sp³-hybridized carbons (Fsp3) is 0.353. The predicted molar refractivity (Wildman–Crippen MR) is 88.3 cm³/mol. The van der Waals surface area contributed by atoms with Crippen molar-refractivity contribution in [3.8, 4) is 5.75 Å². The normalized spacial score (nSPS) is 10.9. The molecular weight excluding hydrogens is 318 g/mol. The summed E-state index contributed by atoms with van der Waals surface area (Å²) >= 11 is 6.27. The van der Waals surface area contributed by atoms with Crippen LogP contribution in [-0.4, -0.2) is 23.5 Å². The van der Waals surface area contributed by atoms with E-state index < -0.39 is 6.16 Å². The Hall–Kier alpha value is -2.14. The Labute approximate surface area is 139 Å². The summed E-state index contributed by atoms with van der Waals surface area (Å²) in [5, 5.41) is 0.970. The molecule has 0 aliphatic rings. The molecule has 0 N–H and O–H groups in total. The lowest BCUT2D eigenvalue weighted by Gasteiger charge is -2.12. The third-order valence-electron chi connectivity index (χ3n) is 3.16. The number of carbonyl (C=O) groups is 2. The first-order valence-electron chi connectivity index (χ1n) is 7.25. The smallest absolute Gasteiger partial charge is 0.434 e. The van der Waals surface area contributed by atoms with Crippen molar-refractivity contribution >= 4 is 34.4 Å². The van der Waals surface area contributed by atoms with Crippen LogP contribution >= 0.6 is 11.6 Å². The van der Waals surface area contributed by atoms with Gasteiger partial charge in [0.05, 0.1) is 17.1 Å². The number of pyridine rings is 1. The fourth-order valence-corrected chi connectivity index (χ4v) is 2.15. The Morgan fingerprint density at radius 3 is 2.61 bits per heavy atom. The van der Waals surface area contributed by atoms with Crippen molar-refractivity contribution in [1.82, 2.24) is 4.98 Å². The average molecular weight is 336 g/mol. The number of Topliss-reactive ketones (excluding diaryl/α,β-unsaturated/α-hetero) is 1. The summed E-state index contributed by atoms with van der Waals surface area (Å²) in [6.45, 7) is 7.32. The molecule has 0 unspecified atom stereocenters. The number of nitrogens with zero attached hydrogens (tertiary/aromatic N) is 1. The summed E-state index contributed by atoms with van der Waals surface area (Å²) < 4.78 is 10.3. The number of carbonyl (C=O) groups excluding carboxylic acids is 2. The maximum absolute atomic E-state index is 11.8. The molecule has 1 heterocycles. The average Bonchev–Trinajstić information content (AvgIpc) is 2.48. The van der Waals surface area contributed by atoms with Crippen LogP contribution in [0, 0.1) is 12.8 Å². The van der Waals surface area contributed by atoms with E-state index >= 15 is 0 Å². The predicted octanol–water partition coefficient (Wildman–Crippen LogP) is 4.57. The van der Waals surface area contributed by atoms with Gasteiger partial charge in [0.1, 0.15) is 11.4 Å². The van der Waals surface area contributed by atoms with E-state index in [-0.39, 0.29) is 29.8 Å². The highest BCUT2D eigenvalue weighted by atomic mass is 35.5. The highest BCUT2D eigenvalue weighted by Crippen LogP contribution is 2.32. The van der Waals surface area contributed by atoms with E-state index in [2.05, 4.69) is 4.98 Å². The van der Waals surface area contributed by atoms with Crippen LogP contribution in [0.4, 0.5) is 4.79 Å². The summed E-state index contributed by atoms with van der Waals surface area (Å²) in [4.78, 5) is 27.7.